The summed E-state index contributed by atoms with van der Waals surface area (Å²) >= 11 is 5.33. The first-order valence-electron chi connectivity index (χ1n) is 6.06. The summed E-state index contributed by atoms with van der Waals surface area (Å²) in [4.78, 5) is 23.0. The molecule has 0 atom stereocenters. The Labute approximate surface area is 140 Å². The van der Waals surface area contributed by atoms with E-state index in [4.69, 9.17) is 11.6 Å². The highest BCUT2D eigenvalue weighted by atomic mass is 35.5. The number of alkyl halides is 3. The van der Waals surface area contributed by atoms with Crippen LogP contribution in [0.15, 0.2) is 48.5 Å². The Bertz CT molecular complexity index is 715. The average Bonchev–Trinajstić information content (AvgIpc) is 2.46. The molecule has 8 heteroatoms. The molecule has 0 heterocycles. The fourth-order valence-electron chi connectivity index (χ4n) is 1.73. The molecule has 0 aliphatic carbocycles. The molecule has 0 aliphatic rings. The number of benzene rings is 2. The van der Waals surface area contributed by atoms with Crippen LogP contribution in [0.4, 0.5) is 18.9 Å². The van der Waals surface area contributed by atoms with Gasteiger partial charge in [0.05, 0.1) is 5.56 Å². The quantitative estimate of drug-likeness (QED) is 0.799. The highest BCUT2D eigenvalue weighted by Crippen LogP contribution is 2.29. The van der Waals surface area contributed by atoms with Gasteiger partial charge in [0.15, 0.2) is 0 Å². The van der Waals surface area contributed by atoms with Crippen LogP contribution in [0.2, 0.25) is 0 Å². The van der Waals surface area contributed by atoms with E-state index in [2.05, 4.69) is 5.32 Å². The van der Waals surface area contributed by atoms with Crippen LogP contribution in [0.5, 0.6) is 0 Å². The first-order chi connectivity index (χ1) is 10.3. The molecule has 0 bridgehead atoms. The van der Waals surface area contributed by atoms with E-state index in [0.717, 1.165) is 24.3 Å². The van der Waals surface area contributed by atoms with Crippen LogP contribution in [0, 0.1) is 0 Å². The maximum absolute atomic E-state index is 12.4. The van der Waals surface area contributed by atoms with Crippen molar-refractivity contribution in [3.63, 3.8) is 0 Å². The molecule has 2 aromatic carbocycles. The molecular weight excluding hydrogens is 354 g/mol. The second-order valence-electron chi connectivity index (χ2n) is 4.38. The molecule has 0 saturated carbocycles. The smallest absolute Gasteiger partial charge is 0.322 e. The largest absolute Gasteiger partial charge is 0.416 e. The molecular formula is C15H10Cl2F3NO2. The van der Waals surface area contributed by atoms with Crippen LogP contribution in [-0.2, 0) is 6.18 Å². The fourth-order valence-corrected chi connectivity index (χ4v) is 1.85. The maximum Gasteiger partial charge on any atom is 0.416 e. The Morgan fingerprint density at radius 1 is 0.957 bits per heavy atom. The van der Waals surface area contributed by atoms with Gasteiger partial charge in [-0.15, -0.1) is 12.4 Å². The monoisotopic (exact) mass is 363 g/mol. The van der Waals surface area contributed by atoms with Gasteiger partial charge in [-0.2, -0.15) is 13.2 Å². The van der Waals surface area contributed by atoms with E-state index >= 15 is 0 Å². The van der Waals surface area contributed by atoms with E-state index in [0.29, 0.717) is 5.69 Å². The molecule has 0 radical (unpaired) electrons. The molecule has 122 valence electrons. The summed E-state index contributed by atoms with van der Waals surface area (Å²) in [6, 6.07) is 9.72. The zero-order valence-electron chi connectivity index (χ0n) is 11.4. The normalized spacial score (nSPS) is 10.6. The van der Waals surface area contributed by atoms with Gasteiger partial charge in [-0.1, -0.05) is 6.07 Å². The Morgan fingerprint density at radius 3 is 2.09 bits per heavy atom. The van der Waals surface area contributed by atoms with Crippen molar-refractivity contribution in [2.24, 2.45) is 0 Å². The number of hydrogen-bond acceptors (Lipinski definition) is 2. The Kier molecular flexibility index (Phi) is 6.18. The summed E-state index contributed by atoms with van der Waals surface area (Å²) in [7, 11) is 0. The van der Waals surface area contributed by atoms with Gasteiger partial charge in [-0.3, -0.25) is 9.59 Å². The molecule has 0 fully saturated rings. The van der Waals surface area contributed by atoms with Gasteiger partial charge >= 0.3 is 6.18 Å². The molecule has 0 aliphatic heterocycles. The lowest BCUT2D eigenvalue weighted by Gasteiger charge is -2.08. The standard InChI is InChI=1S/C15H9ClF3NO2.ClH/c16-13(21)10-2-1-3-12(8-10)20-14(22)9-4-6-11(7-5-9)15(17,18)19;/h1-8H,(H,20,22);1H. The van der Waals surface area contributed by atoms with E-state index in [1.165, 1.54) is 24.3 Å². The Balaban J connectivity index is 0.00000264. The van der Waals surface area contributed by atoms with Crippen LogP contribution in [0.1, 0.15) is 26.3 Å². The minimum atomic E-state index is -4.45. The van der Waals surface area contributed by atoms with Gasteiger partial charge in [0, 0.05) is 16.8 Å². The van der Waals surface area contributed by atoms with Crippen LogP contribution >= 0.6 is 24.0 Å². The molecule has 23 heavy (non-hydrogen) atoms. The minimum absolute atomic E-state index is 0. The van der Waals surface area contributed by atoms with Crippen molar-refractivity contribution >= 4 is 40.8 Å². The van der Waals surface area contributed by atoms with E-state index in [9.17, 15) is 22.8 Å². The third kappa shape index (κ3) is 4.97. The van der Waals surface area contributed by atoms with E-state index < -0.39 is 22.9 Å². The zero-order valence-corrected chi connectivity index (χ0v) is 12.9. The summed E-state index contributed by atoms with van der Waals surface area (Å²) in [5, 5.41) is 1.81. The van der Waals surface area contributed by atoms with Crippen LogP contribution in [0.25, 0.3) is 0 Å². The number of anilines is 1. The number of rotatable bonds is 3. The van der Waals surface area contributed by atoms with Crippen LogP contribution in [-0.4, -0.2) is 11.1 Å². The number of carbonyl (C=O) groups is 2. The van der Waals surface area contributed by atoms with Crippen molar-refractivity contribution in [3.05, 3.63) is 65.2 Å². The minimum Gasteiger partial charge on any atom is -0.322 e. The number of hydrogen-bond donors (Lipinski definition) is 1. The molecule has 1 N–H and O–H groups in total. The van der Waals surface area contributed by atoms with Gasteiger partial charge in [0.1, 0.15) is 0 Å². The summed E-state index contributed by atoms with van der Waals surface area (Å²) in [5.74, 6) is -0.590. The van der Waals surface area contributed by atoms with Gasteiger partial charge in [-0.05, 0) is 54.1 Å². The van der Waals surface area contributed by atoms with E-state index in [1.54, 1.807) is 0 Å². The van der Waals surface area contributed by atoms with Gasteiger partial charge < -0.3 is 5.32 Å². The third-order valence-electron chi connectivity index (χ3n) is 2.82. The van der Waals surface area contributed by atoms with E-state index in [1.807, 2.05) is 0 Å². The fraction of sp³-hybridized carbons (Fsp3) is 0.0667. The number of halogens is 5. The van der Waals surface area contributed by atoms with Crippen LogP contribution < -0.4 is 5.32 Å². The van der Waals surface area contributed by atoms with Crippen LogP contribution in [0.3, 0.4) is 0 Å². The second kappa shape index (κ2) is 7.48. The molecule has 2 aromatic rings. The molecule has 0 unspecified atom stereocenters. The predicted octanol–water partition coefficient (Wildman–Crippen LogP) is 4.76. The summed E-state index contributed by atoms with van der Waals surface area (Å²) < 4.78 is 37.3. The molecule has 3 nitrogen and oxygen atoms in total. The maximum atomic E-state index is 12.4. The summed E-state index contributed by atoms with van der Waals surface area (Å²) in [6.07, 6.45) is -4.45. The number of amides is 1. The van der Waals surface area contributed by atoms with Gasteiger partial charge in [-0.25, -0.2) is 0 Å². The van der Waals surface area contributed by atoms with Crippen molar-refractivity contribution in [1.82, 2.24) is 0 Å². The SMILES string of the molecule is Cl.O=C(Cl)c1cccc(NC(=O)c2ccc(C(F)(F)F)cc2)c1. The average molecular weight is 364 g/mol. The Hall–Kier alpha value is -2.05. The van der Waals surface area contributed by atoms with Gasteiger partial charge in [0.25, 0.3) is 11.1 Å². The number of nitrogens with one attached hydrogen (secondary N) is 1. The van der Waals surface area contributed by atoms with Gasteiger partial charge in [0.2, 0.25) is 0 Å². The predicted molar refractivity (Wildman–Crippen MR) is 83.3 cm³/mol. The molecule has 0 saturated heterocycles. The molecule has 1 amide bonds. The van der Waals surface area contributed by atoms with Crippen molar-refractivity contribution in [2.45, 2.75) is 6.18 Å². The lowest BCUT2D eigenvalue weighted by atomic mass is 10.1. The highest BCUT2D eigenvalue weighted by Gasteiger charge is 2.30. The van der Waals surface area contributed by atoms with Crippen molar-refractivity contribution in [3.8, 4) is 0 Å². The van der Waals surface area contributed by atoms with Crippen molar-refractivity contribution < 1.29 is 22.8 Å². The lowest BCUT2D eigenvalue weighted by Crippen LogP contribution is -2.13. The lowest BCUT2D eigenvalue weighted by molar-refractivity contribution is -0.137. The Morgan fingerprint density at radius 2 is 1.57 bits per heavy atom. The first kappa shape index (κ1) is 19.0. The molecule has 0 aromatic heterocycles. The first-order valence-corrected chi connectivity index (χ1v) is 6.43. The van der Waals surface area contributed by atoms with Crippen molar-refractivity contribution in [1.29, 1.82) is 0 Å². The highest BCUT2D eigenvalue weighted by molar-refractivity contribution is 6.67. The third-order valence-corrected chi connectivity index (χ3v) is 3.04. The van der Waals surface area contributed by atoms with Crippen molar-refractivity contribution in [2.75, 3.05) is 5.32 Å². The topological polar surface area (TPSA) is 46.2 Å². The molecule has 0 spiro atoms. The zero-order chi connectivity index (χ0) is 16.3. The second-order valence-corrected chi connectivity index (χ2v) is 4.73. The summed E-state index contributed by atoms with van der Waals surface area (Å²) in [5.41, 5.74) is -0.252. The molecule has 2 rings (SSSR count). The number of carbonyl (C=O) groups excluding carboxylic acids is 2. The summed E-state index contributed by atoms with van der Waals surface area (Å²) in [6.45, 7) is 0. The van der Waals surface area contributed by atoms with E-state index in [-0.39, 0.29) is 23.5 Å².